The lowest BCUT2D eigenvalue weighted by Crippen LogP contribution is -2.26. The Morgan fingerprint density at radius 2 is 1.88 bits per heavy atom. The van der Waals surface area contributed by atoms with E-state index in [-0.39, 0.29) is 16.7 Å². The highest BCUT2D eigenvalue weighted by Crippen LogP contribution is 2.35. The Kier molecular flexibility index (Phi) is 2.66. The van der Waals surface area contributed by atoms with Gasteiger partial charge in [0.2, 0.25) is 0 Å². The molecule has 6 heteroatoms. The van der Waals surface area contributed by atoms with Crippen LogP contribution in [0.5, 0.6) is 0 Å². The second-order valence-corrected chi connectivity index (χ2v) is 3.65. The van der Waals surface area contributed by atoms with Crippen molar-refractivity contribution >= 4 is 16.7 Å². The fourth-order valence-electron chi connectivity index (χ4n) is 1.58. The van der Waals surface area contributed by atoms with E-state index in [2.05, 4.69) is 4.98 Å². The van der Waals surface area contributed by atoms with Gasteiger partial charge in [0.25, 0.3) is 0 Å². The summed E-state index contributed by atoms with van der Waals surface area (Å²) in [6.07, 6.45) is -4.42. The van der Waals surface area contributed by atoms with Crippen LogP contribution in [0.3, 0.4) is 0 Å². The Bertz CT molecular complexity index is 549. The Hall–Kier alpha value is -1.82. The summed E-state index contributed by atoms with van der Waals surface area (Å²) < 4.78 is 38.6. The molecule has 0 atom stereocenters. The van der Waals surface area contributed by atoms with Gasteiger partial charge in [0.1, 0.15) is 5.82 Å². The number of para-hydroxylation sites is 1. The van der Waals surface area contributed by atoms with E-state index in [9.17, 15) is 13.2 Å². The summed E-state index contributed by atoms with van der Waals surface area (Å²) in [4.78, 5) is 4.05. The third-order valence-corrected chi connectivity index (χ3v) is 2.37. The molecule has 0 aliphatic carbocycles. The highest BCUT2D eigenvalue weighted by Gasteiger charge is 2.33. The van der Waals surface area contributed by atoms with E-state index in [0.29, 0.717) is 0 Å². The number of hydrazine groups is 1. The van der Waals surface area contributed by atoms with Crippen LogP contribution in [0.15, 0.2) is 30.3 Å². The number of fused-ring (bicyclic) bond motifs is 1. The summed E-state index contributed by atoms with van der Waals surface area (Å²) in [5.74, 6) is 5.50. The van der Waals surface area contributed by atoms with Gasteiger partial charge in [-0.25, -0.2) is 10.8 Å². The molecular formula is C11H10F3N3. The van der Waals surface area contributed by atoms with E-state index >= 15 is 0 Å². The maximum Gasteiger partial charge on any atom is 0.417 e. The molecule has 0 spiro atoms. The lowest BCUT2D eigenvalue weighted by molar-refractivity contribution is -0.136. The van der Waals surface area contributed by atoms with Gasteiger partial charge in [-0.1, -0.05) is 18.2 Å². The molecule has 2 rings (SSSR count). The molecule has 3 nitrogen and oxygen atoms in total. The molecule has 1 aromatic carbocycles. The number of anilines is 1. The Labute approximate surface area is 95.6 Å². The SMILES string of the molecule is CN(N)c1cc(C(F)(F)F)c2ccccc2n1. The normalized spacial score (nSPS) is 11.8. The molecule has 0 aliphatic rings. The summed E-state index contributed by atoms with van der Waals surface area (Å²) in [6, 6.07) is 7.05. The van der Waals surface area contributed by atoms with Gasteiger partial charge in [-0.15, -0.1) is 0 Å². The zero-order valence-corrected chi connectivity index (χ0v) is 8.99. The number of hydrogen-bond donors (Lipinski definition) is 1. The topological polar surface area (TPSA) is 42.1 Å². The molecular weight excluding hydrogens is 231 g/mol. The van der Waals surface area contributed by atoms with Crippen molar-refractivity contribution in [3.05, 3.63) is 35.9 Å². The van der Waals surface area contributed by atoms with Gasteiger partial charge in [-0.2, -0.15) is 13.2 Å². The van der Waals surface area contributed by atoms with E-state index in [0.717, 1.165) is 11.1 Å². The van der Waals surface area contributed by atoms with E-state index in [1.54, 1.807) is 12.1 Å². The number of rotatable bonds is 1. The average Bonchev–Trinajstić information content (AvgIpc) is 2.26. The first-order valence-corrected chi connectivity index (χ1v) is 4.85. The molecule has 2 N–H and O–H groups in total. The van der Waals surface area contributed by atoms with Crippen LogP contribution in [-0.4, -0.2) is 12.0 Å². The average molecular weight is 241 g/mol. The van der Waals surface area contributed by atoms with E-state index < -0.39 is 11.7 Å². The second-order valence-electron chi connectivity index (χ2n) is 3.65. The van der Waals surface area contributed by atoms with Crippen molar-refractivity contribution in [2.45, 2.75) is 6.18 Å². The van der Waals surface area contributed by atoms with Gasteiger partial charge >= 0.3 is 6.18 Å². The third kappa shape index (κ3) is 2.16. The second kappa shape index (κ2) is 3.89. The molecule has 0 unspecified atom stereocenters. The van der Waals surface area contributed by atoms with Crippen molar-refractivity contribution in [2.75, 3.05) is 12.1 Å². The predicted octanol–water partition coefficient (Wildman–Crippen LogP) is 2.56. The van der Waals surface area contributed by atoms with Gasteiger partial charge in [0.05, 0.1) is 11.1 Å². The van der Waals surface area contributed by atoms with E-state index in [1.165, 1.54) is 19.2 Å². The number of alkyl halides is 3. The Morgan fingerprint density at radius 1 is 1.24 bits per heavy atom. The van der Waals surface area contributed by atoms with Crippen LogP contribution in [-0.2, 0) is 6.18 Å². The lowest BCUT2D eigenvalue weighted by atomic mass is 10.1. The molecule has 0 saturated heterocycles. The number of nitrogens with zero attached hydrogens (tertiary/aromatic N) is 2. The standard InChI is InChI=1S/C11H10F3N3/c1-17(15)10-6-8(11(12,13)14)7-4-2-3-5-9(7)16-10/h2-6H,15H2,1H3. The minimum atomic E-state index is -4.42. The van der Waals surface area contributed by atoms with Crippen molar-refractivity contribution in [1.82, 2.24) is 4.98 Å². The van der Waals surface area contributed by atoms with Gasteiger partial charge in [-0.3, -0.25) is 5.01 Å². The van der Waals surface area contributed by atoms with Crippen LogP contribution in [0, 0.1) is 0 Å². The molecule has 2 aromatic rings. The van der Waals surface area contributed by atoms with Crippen LogP contribution >= 0.6 is 0 Å². The zero-order chi connectivity index (χ0) is 12.6. The smallest absolute Gasteiger partial charge is 0.298 e. The highest BCUT2D eigenvalue weighted by atomic mass is 19.4. The van der Waals surface area contributed by atoms with Crippen LogP contribution in [0.2, 0.25) is 0 Å². The minimum absolute atomic E-state index is 0.0746. The van der Waals surface area contributed by atoms with Crippen molar-refractivity contribution in [3.63, 3.8) is 0 Å². The first-order chi connectivity index (χ1) is 7.89. The number of benzene rings is 1. The number of nitrogens with two attached hydrogens (primary N) is 1. The number of halogens is 3. The van der Waals surface area contributed by atoms with Crippen LogP contribution in [0.1, 0.15) is 5.56 Å². The fraction of sp³-hybridized carbons (Fsp3) is 0.182. The van der Waals surface area contributed by atoms with Crippen LogP contribution in [0.4, 0.5) is 19.0 Å². The van der Waals surface area contributed by atoms with E-state index in [1.807, 2.05) is 0 Å². The molecule has 0 radical (unpaired) electrons. The third-order valence-electron chi connectivity index (χ3n) is 2.37. The molecule has 0 saturated carbocycles. The van der Waals surface area contributed by atoms with Gasteiger partial charge < -0.3 is 0 Å². The lowest BCUT2D eigenvalue weighted by Gasteiger charge is -2.16. The van der Waals surface area contributed by atoms with Crippen LogP contribution < -0.4 is 10.9 Å². The van der Waals surface area contributed by atoms with Crippen molar-refractivity contribution in [3.8, 4) is 0 Å². The summed E-state index contributed by atoms with van der Waals surface area (Å²) >= 11 is 0. The molecule has 17 heavy (non-hydrogen) atoms. The molecule has 0 fully saturated rings. The largest absolute Gasteiger partial charge is 0.417 e. The van der Waals surface area contributed by atoms with Gasteiger partial charge in [0.15, 0.2) is 0 Å². The quantitative estimate of drug-likeness (QED) is 0.616. The van der Waals surface area contributed by atoms with Gasteiger partial charge in [-0.05, 0) is 12.1 Å². The summed E-state index contributed by atoms with van der Waals surface area (Å²) in [6.45, 7) is 0. The van der Waals surface area contributed by atoms with Crippen molar-refractivity contribution in [1.29, 1.82) is 0 Å². The molecule has 90 valence electrons. The molecule has 0 aliphatic heterocycles. The van der Waals surface area contributed by atoms with E-state index in [4.69, 9.17) is 5.84 Å². The molecule has 1 heterocycles. The van der Waals surface area contributed by atoms with Crippen molar-refractivity contribution in [2.24, 2.45) is 5.84 Å². The highest BCUT2D eigenvalue weighted by molar-refractivity contribution is 5.84. The monoisotopic (exact) mass is 241 g/mol. The first-order valence-electron chi connectivity index (χ1n) is 4.85. The molecule has 0 bridgehead atoms. The Morgan fingerprint density at radius 3 is 2.47 bits per heavy atom. The fourth-order valence-corrected chi connectivity index (χ4v) is 1.58. The summed E-state index contributed by atoms with van der Waals surface area (Å²) in [5.41, 5.74) is -0.454. The summed E-state index contributed by atoms with van der Waals surface area (Å²) in [5, 5.41) is 1.13. The van der Waals surface area contributed by atoms with Gasteiger partial charge in [0, 0.05) is 12.4 Å². The number of pyridine rings is 1. The summed E-state index contributed by atoms with van der Waals surface area (Å²) in [7, 11) is 1.44. The molecule has 0 amide bonds. The first kappa shape index (κ1) is 11.7. The maximum atomic E-state index is 12.9. The Balaban J connectivity index is 2.79. The van der Waals surface area contributed by atoms with Crippen LogP contribution in [0.25, 0.3) is 10.9 Å². The number of hydrogen-bond acceptors (Lipinski definition) is 3. The number of aromatic nitrogens is 1. The minimum Gasteiger partial charge on any atom is -0.298 e. The predicted molar refractivity (Wildman–Crippen MR) is 59.3 cm³/mol. The maximum absolute atomic E-state index is 12.9. The van der Waals surface area contributed by atoms with Crippen molar-refractivity contribution < 1.29 is 13.2 Å². The zero-order valence-electron chi connectivity index (χ0n) is 8.99. The molecule has 1 aromatic heterocycles.